The SMILES string of the molecule is Cc1nnc2c(NCCCCCO)nccn12. The number of nitrogens with one attached hydrogen (secondary N) is 1. The van der Waals surface area contributed by atoms with Gasteiger partial charge in [-0.2, -0.15) is 0 Å². The van der Waals surface area contributed by atoms with E-state index in [9.17, 15) is 0 Å². The normalized spacial score (nSPS) is 10.9. The molecule has 2 aromatic rings. The van der Waals surface area contributed by atoms with Gasteiger partial charge in [0.25, 0.3) is 0 Å². The molecule has 0 bridgehead atoms. The van der Waals surface area contributed by atoms with Crippen molar-refractivity contribution in [2.24, 2.45) is 0 Å². The van der Waals surface area contributed by atoms with E-state index in [4.69, 9.17) is 5.11 Å². The van der Waals surface area contributed by atoms with Gasteiger partial charge in [-0.3, -0.25) is 4.40 Å². The molecule has 6 nitrogen and oxygen atoms in total. The molecule has 0 spiro atoms. The van der Waals surface area contributed by atoms with Gasteiger partial charge in [0.2, 0.25) is 5.65 Å². The summed E-state index contributed by atoms with van der Waals surface area (Å²) in [6.45, 7) is 3.00. The molecule has 0 unspecified atom stereocenters. The number of aliphatic hydroxyl groups excluding tert-OH is 1. The molecule has 0 aliphatic rings. The van der Waals surface area contributed by atoms with Crippen molar-refractivity contribution in [2.75, 3.05) is 18.5 Å². The topological polar surface area (TPSA) is 75.3 Å². The lowest BCUT2D eigenvalue weighted by molar-refractivity contribution is 0.283. The van der Waals surface area contributed by atoms with Crippen molar-refractivity contribution in [3.8, 4) is 0 Å². The van der Waals surface area contributed by atoms with Crippen LogP contribution in [0.2, 0.25) is 0 Å². The molecule has 0 saturated carbocycles. The van der Waals surface area contributed by atoms with Crippen LogP contribution in [0.3, 0.4) is 0 Å². The Balaban J connectivity index is 1.99. The van der Waals surface area contributed by atoms with E-state index < -0.39 is 0 Å². The fourth-order valence-electron chi connectivity index (χ4n) is 1.69. The van der Waals surface area contributed by atoms with Gasteiger partial charge in [-0.1, -0.05) is 0 Å². The molecular formula is C11H17N5O. The van der Waals surface area contributed by atoms with E-state index in [2.05, 4.69) is 20.5 Å². The average molecular weight is 235 g/mol. The molecule has 0 radical (unpaired) electrons. The number of hydrogen-bond donors (Lipinski definition) is 2. The van der Waals surface area contributed by atoms with E-state index in [-0.39, 0.29) is 6.61 Å². The second kappa shape index (κ2) is 5.58. The van der Waals surface area contributed by atoms with Crippen molar-refractivity contribution in [1.29, 1.82) is 0 Å². The minimum atomic E-state index is 0.261. The largest absolute Gasteiger partial charge is 0.396 e. The van der Waals surface area contributed by atoms with Gasteiger partial charge in [0, 0.05) is 25.5 Å². The summed E-state index contributed by atoms with van der Waals surface area (Å²) < 4.78 is 1.91. The van der Waals surface area contributed by atoms with Crippen LogP contribution in [0.25, 0.3) is 5.65 Å². The summed E-state index contributed by atoms with van der Waals surface area (Å²) in [6.07, 6.45) is 6.46. The Morgan fingerprint density at radius 2 is 2.18 bits per heavy atom. The van der Waals surface area contributed by atoms with E-state index in [0.717, 1.165) is 43.1 Å². The minimum Gasteiger partial charge on any atom is -0.396 e. The maximum Gasteiger partial charge on any atom is 0.203 e. The fourth-order valence-corrected chi connectivity index (χ4v) is 1.69. The maximum absolute atomic E-state index is 8.67. The Labute approximate surface area is 99.7 Å². The van der Waals surface area contributed by atoms with Gasteiger partial charge in [0.05, 0.1) is 0 Å². The molecule has 2 rings (SSSR count). The van der Waals surface area contributed by atoms with Crippen molar-refractivity contribution in [3.63, 3.8) is 0 Å². The first-order valence-electron chi connectivity index (χ1n) is 5.84. The summed E-state index contributed by atoms with van der Waals surface area (Å²) in [4.78, 5) is 4.25. The molecule has 0 aromatic carbocycles. The summed E-state index contributed by atoms with van der Waals surface area (Å²) in [5.41, 5.74) is 0.757. The molecule has 92 valence electrons. The molecule has 2 heterocycles. The van der Waals surface area contributed by atoms with Crippen LogP contribution in [0.1, 0.15) is 25.1 Å². The van der Waals surface area contributed by atoms with Gasteiger partial charge >= 0.3 is 0 Å². The summed E-state index contributed by atoms with van der Waals surface area (Å²) in [6, 6.07) is 0. The molecule has 0 atom stereocenters. The van der Waals surface area contributed by atoms with Crippen LogP contribution in [0.15, 0.2) is 12.4 Å². The highest BCUT2D eigenvalue weighted by Gasteiger charge is 2.06. The molecule has 0 aliphatic carbocycles. The van der Waals surface area contributed by atoms with Crippen LogP contribution in [0.5, 0.6) is 0 Å². The molecule has 0 saturated heterocycles. The van der Waals surface area contributed by atoms with Crippen molar-refractivity contribution in [1.82, 2.24) is 19.6 Å². The van der Waals surface area contributed by atoms with Gasteiger partial charge in [-0.15, -0.1) is 10.2 Å². The van der Waals surface area contributed by atoms with Gasteiger partial charge in [0.15, 0.2) is 5.82 Å². The Morgan fingerprint density at radius 1 is 1.29 bits per heavy atom. The summed E-state index contributed by atoms with van der Waals surface area (Å²) in [7, 11) is 0. The van der Waals surface area contributed by atoms with Crippen LogP contribution in [-0.4, -0.2) is 37.8 Å². The van der Waals surface area contributed by atoms with Crippen LogP contribution in [-0.2, 0) is 0 Å². The first-order valence-corrected chi connectivity index (χ1v) is 5.84. The zero-order valence-electron chi connectivity index (χ0n) is 9.93. The number of unbranched alkanes of at least 4 members (excludes halogenated alkanes) is 2. The lowest BCUT2D eigenvalue weighted by Crippen LogP contribution is -2.05. The summed E-state index contributed by atoms with van der Waals surface area (Å²) >= 11 is 0. The molecule has 0 aliphatic heterocycles. The smallest absolute Gasteiger partial charge is 0.203 e. The molecule has 6 heteroatoms. The standard InChI is InChI=1S/C11H17N5O/c1-9-14-15-11-10(13-6-7-16(9)11)12-5-3-2-4-8-17/h6-7,17H,2-5,8H2,1H3,(H,12,13). The lowest BCUT2D eigenvalue weighted by atomic mass is 10.2. The summed E-state index contributed by atoms with van der Waals surface area (Å²) in [5, 5.41) is 20.0. The molecule has 2 N–H and O–H groups in total. The first kappa shape index (κ1) is 11.8. The van der Waals surface area contributed by atoms with Crippen LogP contribution in [0, 0.1) is 6.92 Å². The molecule has 0 fully saturated rings. The second-order valence-electron chi connectivity index (χ2n) is 3.93. The number of aryl methyl sites for hydroxylation is 1. The van der Waals surface area contributed by atoms with E-state index in [0.29, 0.717) is 0 Å². The van der Waals surface area contributed by atoms with Gasteiger partial charge in [-0.05, 0) is 26.2 Å². The molecule has 2 aromatic heterocycles. The highest BCUT2D eigenvalue weighted by atomic mass is 16.2. The lowest BCUT2D eigenvalue weighted by Gasteiger charge is -2.05. The highest BCUT2D eigenvalue weighted by molar-refractivity contribution is 5.61. The van der Waals surface area contributed by atoms with Gasteiger partial charge in [-0.25, -0.2) is 4.98 Å². The Hall–Kier alpha value is -1.69. The van der Waals surface area contributed by atoms with Crippen LogP contribution < -0.4 is 5.32 Å². The molecule has 17 heavy (non-hydrogen) atoms. The number of hydrogen-bond acceptors (Lipinski definition) is 5. The fraction of sp³-hybridized carbons (Fsp3) is 0.545. The Kier molecular flexibility index (Phi) is 3.87. The zero-order chi connectivity index (χ0) is 12.1. The zero-order valence-corrected chi connectivity index (χ0v) is 9.93. The number of rotatable bonds is 6. The number of fused-ring (bicyclic) bond motifs is 1. The third-order valence-electron chi connectivity index (χ3n) is 2.62. The predicted octanol–water partition coefficient (Wildman–Crippen LogP) is 1.01. The first-order chi connectivity index (χ1) is 8.33. The number of aromatic nitrogens is 4. The highest BCUT2D eigenvalue weighted by Crippen LogP contribution is 2.11. The van der Waals surface area contributed by atoms with Crippen LogP contribution in [0.4, 0.5) is 5.82 Å². The third-order valence-corrected chi connectivity index (χ3v) is 2.62. The van der Waals surface area contributed by atoms with Crippen LogP contribution >= 0.6 is 0 Å². The van der Waals surface area contributed by atoms with E-state index in [1.807, 2.05) is 17.5 Å². The van der Waals surface area contributed by atoms with Crippen molar-refractivity contribution in [2.45, 2.75) is 26.2 Å². The minimum absolute atomic E-state index is 0.261. The second-order valence-corrected chi connectivity index (χ2v) is 3.93. The number of aliphatic hydroxyl groups is 1. The Bertz CT molecular complexity index is 482. The van der Waals surface area contributed by atoms with Crippen molar-refractivity contribution in [3.05, 3.63) is 18.2 Å². The van der Waals surface area contributed by atoms with E-state index in [1.54, 1.807) is 6.20 Å². The monoisotopic (exact) mass is 235 g/mol. The van der Waals surface area contributed by atoms with Gasteiger partial charge in [0.1, 0.15) is 5.82 Å². The number of anilines is 1. The van der Waals surface area contributed by atoms with Crippen molar-refractivity contribution < 1.29 is 5.11 Å². The van der Waals surface area contributed by atoms with Crippen molar-refractivity contribution >= 4 is 11.5 Å². The van der Waals surface area contributed by atoms with E-state index >= 15 is 0 Å². The quantitative estimate of drug-likeness (QED) is 0.731. The average Bonchev–Trinajstić information content (AvgIpc) is 2.72. The summed E-state index contributed by atoms with van der Waals surface area (Å²) in [5.74, 6) is 1.61. The maximum atomic E-state index is 8.67. The van der Waals surface area contributed by atoms with E-state index in [1.165, 1.54) is 0 Å². The van der Waals surface area contributed by atoms with Gasteiger partial charge < -0.3 is 10.4 Å². The predicted molar refractivity (Wildman–Crippen MR) is 64.9 cm³/mol. The number of nitrogens with zero attached hydrogens (tertiary/aromatic N) is 4. The molecule has 0 amide bonds. The Morgan fingerprint density at radius 3 is 3.00 bits per heavy atom. The molecular weight excluding hydrogens is 218 g/mol. The third kappa shape index (κ3) is 2.71.